The van der Waals surface area contributed by atoms with Crippen LogP contribution in [0.25, 0.3) is 0 Å². The molecule has 0 heterocycles. The molecule has 5 N–H and O–H groups in total. The van der Waals surface area contributed by atoms with Crippen molar-refractivity contribution >= 4 is 17.3 Å². The number of nitrogens with zero attached hydrogens (tertiary/aromatic N) is 1. The van der Waals surface area contributed by atoms with Crippen molar-refractivity contribution in [1.82, 2.24) is 0 Å². The molecule has 0 aliphatic heterocycles. The summed E-state index contributed by atoms with van der Waals surface area (Å²) < 4.78 is 0. The first-order valence-electron chi connectivity index (χ1n) is 5.33. The molecule has 0 fully saturated rings. The Labute approximate surface area is 104 Å². The lowest BCUT2D eigenvalue weighted by Gasteiger charge is -2.06. The number of para-hydroxylation sites is 1. The average Bonchev–Trinajstić information content (AvgIpc) is 2.34. The topological polar surface area (TPSA) is 90.9 Å². The second kappa shape index (κ2) is 5.09. The SMILES string of the molecule is NC(=Nc1ccc(O)cc1O)Nc1ccccc1. The number of phenolic OH excluding ortho intramolecular Hbond substituents is 2. The number of aromatic hydroxyl groups is 2. The van der Waals surface area contributed by atoms with Crippen LogP contribution in [0.4, 0.5) is 11.4 Å². The van der Waals surface area contributed by atoms with E-state index in [1.54, 1.807) is 0 Å². The smallest absolute Gasteiger partial charge is 0.198 e. The fraction of sp³-hybridized carbons (Fsp3) is 0. The molecule has 0 bridgehead atoms. The highest BCUT2D eigenvalue weighted by molar-refractivity contribution is 5.94. The largest absolute Gasteiger partial charge is 0.508 e. The minimum absolute atomic E-state index is 0.0268. The summed E-state index contributed by atoms with van der Waals surface area (Å²) in [5, 5.41) is 21.6. The number of hydrogen-bond acceptors (Lipinski definition) is 3. The molecule has 92 valence electrons. The molecule has 5 heteroatoms. The molecule has 0 spiro atoms. The van der Waals surface area contributed by atoms with Crippen LogP contribution in [0.1, 0.15) is 0 Å². The molecule has 2 aromatic carbocycles. The third-order valence-corrected chi connectivity index (χ3v) is 2.25. The van der Waals surface area contributed by atoms with Crippen molar-refractivity contribution in [3.05, 3.63) is 48.5 Å². The van der Waals surface area contributed by atoms with Crippen LogP contribution in [-0.2, 0) is 0 Å². The quantitative estimate of drug-likeness (QED) is 0.480. The van der Waals surface area contributed by atoms with E-state index < -0.39 is 0 Å². The summed E-state index contributed by atoms with van der Waals surface area (Å²) in [4.78, 5) is 4.02. The number of nitrogens with one attached hydrogen (secondary N) is 1. The zero-order valence-corrected chi connectivity index (χ0v) is 9.54. The number of guanidine groups is 1. The third-order valence-electron chi connectivity index (χ3n) is 2.25. The summed E-state index contributed by atoms with van der Waals surface area (Å²) >= 11 is 0. The molecule has 0 atom stereocenters. The molecule has 0 radical (unpaired) electrons. The normalized spacial score (nSPS) is 11.2. The van der Waals surface area contributed by atoms with Crippen LogP contribution in [0, 0.1) is 0 Å². The van der Waals surface area contributed by atoms with E-state index in [9.17, 15) is 5.11 Å². The standard InChI is InChI=1S/C13H13N3O2/c14-13(15-9-4-2-1-3-5-9)16-11-7-6-10(17)8-12(11)18/h1-8,17-18H,(H3,14,15,16). The molecular weight excluding hydrogens is 230 g/mol. The number of rotatable bonds is 2. The molecule has 5 nitrogen and oxygen atoms in total. The van der Waals surface area contributed by atoms with Gasteiger partial charge in [-0.05, 0) is 24.3 Å². The Morgan fingerprint density at radius 2 is 1.78 bits per heavy atom. The fourth-order valence-electron chi connectivity index (χ4n) is 1.43. The van der Waals surface area contributed by atoms with Crippen molar-refractivity contribution in [2.75, 3.05) is 5.32 Å². The maximum atomic E-state index is 9.56. The number of hydrogen-bond donors (Lipinski definition) is 4. The van der Waals surface area contributed by atoms with Crippen molar-refractivity contribution in [3.63, 3.8) is 0 Å². The molecule has 0 unspecified atom stereocenters. The molecule has 2 aromatic rings. The Morgan fingerprint density at radius 1 is 1.06 bits per heavy atom. The van der Waals surface area contributed by atoms with Gasteiger partial charge in [-0.2, -0.15) is 0 Å². The van der Waals surface area contributed by atoms with Gasteiger partial charge in [-0.15, -0.1) is 0 Å². The van der Waals surface area contributed by atoms with Gasteiger partial charge >= 0.3 is 0 Å². The van der Waals surface area contributed by atoms with Crippen LogP contribution < -0.4 is 11.1 Å². The molecule has 0 aliphatic rings. The summed E-state index contributed by atoms with van der Waals surface area (Å²) in [6, 6.07) is 13.4. The average molecular weight is 243 g/mol. The second-order valence-corrected chi connectivity index (χ2v) is 3.66. The molecular formula is C13H13N3O2. The first-order valence-corrected chi connectivity index (χ1v) is 5.33. The van der Waals surface area contributed by atoms with Gasteiger partial charge in [0.15, 0.2) is 5.96 Å². The highest BCUT2D eigenvalue weighted by atomic mass is 16.3. The monoisotopic (exact) mass is 243 g/mol. The summed E-state index contributed by atoms with van der Waals surface area (Å²) in [6.07, 6.45) is 0. The van der Waals surface area contributed by atoms with Crippen molar-refractivity contribution < 1.29 is 10.2 Å². The Morgan fingerprint density at radius 3 is 2.44 bits per heavy atom. The zero-order valence-electron chi connectivity index (χ0n) is 9.54. The van der Waals surface area contributed by atoms with Gasteiger partial charge in [0.25, 0.3) is 0 Å². The van der Waals surface area contributed by atoms with Gasteiger partial charge in [0.1, 0.15) is 17.2 Å². The second-order valence-electron chi connectivity index (χ2n) is 3.66. The zero-order chi connectivity index (χ0) is 13.0. The van der Waals surface area contributed by atoms with E-state index in [4.69, 9.17) is 10.8 Å². The molecule has 0 aliphatic carbocycles. The van der Waals surface area contributed by atoms with E-state index >= 15 is 0 Å². The van der Waals surface area contributed by atoms with E-state index in [0.717, 1.165) is 5.69 Å². The minimum Gasteiger partial charge on any atom is -0.508 e. The predicted octanol–water partition coefficient (Wildman–Crippen LogP) is 2.16. The molecule has 2 rings (SSSR count). The number of phenols is 2. The highest BCUT2D eigenvalue weighted by Gasteiger charge is 2.02. The maximum Gasteiger partial charge on any atom is 0.198 e. The molecule has 0 amide bonds. The Kier molecular flexibility index (Phi) is 3.33. The van der Waals surface area contributed by atoms with Crippen molar-refractivity contribution in [3.8, 4) is 11.5 Å². The number of benzene rings is 2. The van der Waals surface area contributed by atoms with Crippen LogP contribution in [0.15, 0.2) is 53.5 Å². The van der Waals surface area contributed by atoms with Crippen LogP contribution in [0.5, 0.6) is 11.5 Å². The van der Waals surface area contributed by atoms with Crippen LogP contribution in [0.2, 0.25) is 0 Å². The van der Waals surface area contributed by atoms with Crippen LogP contribution >= 0.6 is 0 Å². The third kappa shape index (κ3) is 2.91. The lowest BCUT2D eigenvalue weighted by atomic mass is 10.3. The first kappa shape index (κ1) is 11.8. The van der Waals surface area contributed by atoms with Crippen molar-refractivity contribution in [2.45, 2.75) is 0 Å². The van der Waals surface area contributed by atoms with Crippen molar-refractivity contribution in [1.29, 1.82) is 0 Å². The Bertz CT molecular complexity index is 568. The number of anilines is 1. The van der Waals surface area contributed by atoms with Gasteiger partial charge in [-0.3, -0.25) is 0 Å². The number of nitrogens with two attached hydrogens (primary N) is 1. The Balaban J connectivity index is 2.18. The van der Waals surface area contributed by atoms with Gasteiger partial charge < -0.3 is 21.3 Å². The van der Waals surface area contributed by atoms with Gasteiger partial charge in [0.2, 0.25) is 0 Å². The first-order chi connectivity index (χ1) is 8.65. The van der Waals surface area contributed by atoms with E-state index in [1.165, 1.54) is 18.2 Å². The molecule has 0 saturated heterocycles. The molecule has 0 aromatic heterocycles. The summed E-state index contributed by atoms with van der Waals surface area (Å²) in [5.41, 5.74) is 6.80. The molecule has 18 heavy (non-hydrogen) atoms. The van der Waals surface area contributed by atoms with E-state index in [2.05, 4.69) is 10.3 Å². The van der Waals surface area contributed by atoms with Crippen LogP contribution in [-0.4, -0.2) is 16.2 Å². The van der Waals surface area contributed by atoms with Gasteiger partial charge in [0.05, 0.1) is 0 Å². The highest BCUT2D eigenvalue weighted by Crippen LogP contribution is 2.29. The van der Waals surface area contributed by atoms with Gasteiger partial charge in [-0.1, -0.05) is 18.2 Å². The summed E-state index contributed by atoms with van der Waals surface area (Å²) in [5.74, 6) is -0.00367. The lowest BCUT2D eigenvalue weighted by molar-refractivity contribution is 0.451. The van der Waals surface area contributed by atoms with E-state index in [1.807, 2.05) is 30.3 Å². The van der Waals surface area contributed by atoms with Gasteiger partial charge in [0, 0.05) is 11.8 Å². The summed E-state index contributed by atoms with van der Waals surface area (Å²) in [7, 11) is 0. The Hall–Kier alpha value is -2.69. The van der Waals surface area contributed by atoms with E-state index in [-0.39, 0.29) is 23.1 Å². The van der Waals surface area contributed by atoms with Crippen molar-refractivity contribution in [2.24, 2.45) is 10.7 Å². The summed E-state index contributed by atoms with van der Waals surface area (Å²) in [6.45, 7) is 0. The predicted molar refractivity (Wildman–Crippen MR) is 71.1 cm³/mol. The lowest BCUT2D eigenvalue weighted by Crippen LogP contribution is -2.21. The van der Waals surface area contributed by atoms with Gasteiger partial charge in [-0.25, -0.2) is 4.99 Å². The minimum atomic E-state index is -0.132. The maximum absolute atomic E-state index is 9.56. The number of aliphatic imine (C=N–C) groups is 1. The molecule has 0 saturated carbocycles. The van der Waals surface area contributed by atoms with E-state index in [0.29, 0.717) is 0 Å². The fourth-order valence-corrected chi connectivity index (χ4v) is 1.43. The van der Waals surface area contributed by atoms with Crippen LogP contribution in [0.3, 0.4) is 0 Å².